The lowest BCUT2D eigenvalue weighted by Gasteiger charge is -2.04. The Bertz CT molecular complexity index is 395. The molecule has 0 bridgehead atoms. The minimum absolute atomic E-state index is 0.238. The van der Waals surface area contributed by atoms with Gasteiger partial charge in [-0.2, -0.15) is 0 Å². The van der Waals surface area contributed by atoms with Gasteiger partial charge in [0, 0.05) is 6.92 Å². The van der Waals surface area contributed by atoms with Crippen molar-refractivity contribution in [3.63, 3.8) is 0 Å². The molecule has 0 aliphatic heterocycles. The smallest absolute Gasteiger partial charge is 0.337 e. The Morgan fingerprint density at radius 1 is 1.11 bits per heavy atom. The number of methoxy groups -OCH3 is 1. The second kappa shape index (κ2) is 7.48. The fraction of sp³-hybridized carbons (Fsp3) is 0.429. The molecule has 4 nitrogen and oxygen atoms in total. The normalized spacial score (nSPS) is 9.89. The van der Waals surface area contributed by atoms with Gasteiger partial charge in [-0.05, 0) is 37.0 Å². The number of rotatable bonds is 6. The van der Waals surface area contributed by atoms with Crippen LogP contribution in [0.25, 0.3) is 0 Å². The van der Waals surface area contributed by atoms with Gasteiger partial charge >= 0.3 is 11.9 Å². The van der Waals surface area contributed by atoms with E-state index >= 15 is 0 Å². The number of hydrogen-bond acceptors (Lipinski definition) is 4. The number of benzene rings is 1. The third kappa shape index (κ3) is 4.99. The Labute approximate surface area is 107 Å². The molecule has 1 rings (SSSR count). The van der Waals surface area contributed by atoms with Crippen LogP contribution in [0.5, 0.6) is 0 Å². The van der Waals surface area contributed by atoms with Gasteiger partial charge < -0.3 is 9.47 Å². The van der Waals surface area contributed by atoms with Crippen LogP contribution in [0.15, 0.2) is 24.3 Å². The second-order valence-corrected chi connectivity index (χ2v) is 3.99. The lowest BCUT2D eigenvalue weighted by Crippen LogP contribution is -2.02. The van der Waals surface area contributed by atoms with E-state index in [1.807, 2.05) is 12.1 Å². The highest BCUT2D eigenvalue weighted by Gasteiger charge is 2.04. The van der Waals surface area contributed by atoms with Crippen molar-refractivity contribution in [3.8, 4) is 0 Å². The summed E-state index contributed by atoms with van der Waals surface area (Å²) in [5.74, 6) is -0.561. The summed E-state index contributed by atoms with van der Waals surface area (Å²) in [5, 5.41) is 0. The monoisotopic (exact) mass is 250 g/mol. The van der Waals surface area contributed by atoms with Gasteiger partial charge in [0.25, 0.3) is 0 Å². The lowest BCUT2D eigenvalue weighted by molar-refractivity contribution is -0.141. The highest BCUT2D eigenvalue weighted by molar-refractivity contribution is 5.89. The Hall–Kier alpha value is -1.84. The number of hydrogen-bond donors (Lipinski definition) is 0. The third-order valence-electron chi connectivity index (χ3n) is 2.54. The van der Waals surface area contributed by atoms with E-state index in [1.165, 1.54) is 14.0 Å². The van der Waals surface area contributed by atoms with Crippen molar-refractivity contribution in [3.05, 3.63) is 35.4 Å². The minimum Gasteiger partial charge on any atom is -0.466 e. The van der Waals surface area contributed by atoms with Crippen LogP contribution < -0.4 is 0 Å². The molecule has 0 unspecified atom stereocenters. The van der Waals surface area contributed by atoms with E-state index in [4.69, 9.17) is 4.74 Å². The highest BCUT2D eigenvalue weighted by Crippen LogP contribution is 2.09. The van der Waals surface area contributed by atoms with Crippen molar-refractivity contribution in [1.29, 1.82) is 0 Å². The van der Waals surface area contributed by atoms with Crippen LogP contribution in [-0.4, -0.2) is 25.7 Å². The van der Waals surface area contributed by atoms with Gasteiger partial charge in [-0.15, -0.1) is 0 Å². The van der Waals surface area contributed by atoms with E-state index in [0.29, 0.717) is 12.2 Å². The standard InChI is InChI=1S/C14H18O4/c1-11(15)18-10-4-3-5-12-6-8-13(9-7-12)14(16)17-2/h6-9H,3-5,10H2,1-2H3. The first kappa shape index (κ1) is 14.2. The number of carbonyl (C=O) groups is 2. The average Bonchev–Trinajstić information content (AvgIpc) is 2.38. The Balaban J connectivity index is 2.31. The zero-order valence-corrected chi connectivity index (χ0v) is 10.8. The summed E-state index contributed by atoms with van der Waals surface area (Å²) in [5.41, 5.74) is 1.71. The number of carbonyl (C=O) groups excluding carboxylic acids is 2. The first-order valence-corrected chi connectivity index (χ1v) is 5.94. The number of ether oxygens (including phenoxy) is 2. The summed E-state index contributed by atoms with van der Waals surface area (Å²) >= 11 is 0. The summed E-state index contributed by atoms with van der Waals surface area (Å²) in [4.78, 5) is 21.8. The van der Waals surface area contributed by atoms with E-state index in [2.05, 4.69) is 4.74 Å². The largest absolute Gasteiger partial charge is 0.466 e. The molecule has 0 saturated carbocycles. The highest BCUT2D eigenvalue weighted by atomic mass is 16.5. The van der Waals surface area contributed by atoms with E-state index < -0.39 is 0 Å². The van der Waals surface area contributed by atoms with Crippen LogP contribution in [0.4, 0.5) is 0 Å². The zero-order valence-electron chi connectivity index (χ0n) is 10.8. The molecule has 0 aliphatic carbocycles. The topological polar surface area (TPSA) is 52.6 Å². The van der Waals surface area contributed by atoms with Crippen LogP contribution in [-0.2, 0) is 20.7 Å². The quantitative estimate of drug-likeness (QED) is 0.574. The SMILES string of the molecule is COC(=O)c1ccc(CCCCOC(C)=O)cc1. The maximum atomic E-state index is 11.2. The lowest BCUT2D eigenvalue weighted by atomic mass is 10.1. The molecular formula is C14H18O4. The molecule has 0 atom stereocenters. The van der Waals surface area contributed by atoms with Gasteiger partial charge in [-0.1, -0.05) is 12.1 Å². The first-order valence-electron chi connectivity index (χ1n) is 5.94. The molecule has 18 heavy (non-hydrogen) atoms. The van der Waals surface area contributed by atoms with E-state index in [9.17, 15) is 9.59 Å². The summed E-state index contributed by atoms with van der Waals surface area (Å²) in [6, 6.07) is 7.34. The summed E-state index contributed by atoms with van der Waals surface area (Å²) < 4.78 is 9.47. The Morgan fingerprint density at radius 3 is 2.33 bits per heavy atom. The van der Waals surface area contributed by atoms with Crippen molar-refractivity contribution in [2.75, 3.05) is 13.7 Å². The van der Waals surface area contributed by atoms with E-state index in [1.54, 1.807) is 12.1 Å². The number of esters is 2. The molecule has 4 heteroatoms. The van der Waals surface area contributed by atoms with Gasteiger partial charge in [-0.3, -0.25) is 4.79 Å². The molecule has 98 valence electrons. The van der Waals surface area contributed by atoms with Gasteiger partial charge in [0.15, 0.2) is 0 Å². The predicted molar refractivity (Wildman–Crippen MR) is 67.4 cm³/mol. The first-order chi connectivity index (χ1) is 8.63. The number of unbranched alkanes of at least 4 members (excludes halogenated alkanes) is 1. The maximum absolute atomic E-state index is 11.2. The van der Waals surface area contributed by atoms with Gasteiger partial charge in [0.05, 0.1) is 19.3 Å². The Morgan fingerprint density at radius 2 is 1.78 bits per heavy atom. The molecule has 0 amide bonds. The van der Waals surface area contributed by atoms with Gasteiger partial charge in [0.1, 0.15) is 0 Å². The molecule has 0 radical (unpaired) electrons. The van der Waals surface area contributed by atoms with E-state index in [-0.39, 0.29) is 11.9 Å². The van der Waals surface area contributed by atoms with Crippen molar-refractivity contribution in [1.82, 2.24) is 0 Å². The molecule has 0 saturated heterocycles. The Kier molecular flexibility index (Phi) is 5.91. The molecule has 0 heterocycles. The van der Waals surface area contributed by atoms with Crippen molar-refractivity contribution in [2.24, 2.45) is 0 Å². The van der Waals surface area contributed by atoms with Crippen molar-refractivity contribution < 1.29 is 19.1 Å². The van der Waals surface area contributed by atoms with Crippen LogP contribution in [0.3, 0.4) is 0 Å². The second-order valence-electron chi connectivity index (χ2n) is 3.99. The molecule has 0 fully saturated rings. The fourth-order valence-corrected chi connectivity index (χ4v) is 1.57. The van der Waals surface area contributed by atoms with Crippen LogP contribution in [0, 0.1) is 0 Å². The molecule has 0 aliphatic rings. The molecule has 0 aromatic heterocycles. The minimum atomic E-state index is -0.323. The summed E-state index contributed by atoms with van der Waals surface area (Å²) in [6.45, 7) is 1.88. The molecular weight excluding hydrogens is 232 g/mol. The molecule has 0 N–H and O–H groups in total. The zero-order chi connectivity index (χ0) is 13.4. The average molecular weight is 250 g/mol. The summed E-state index contributed by atoms with van der Waals surface area (Å²) in [6.07, 6.45) is 2.70. The molecule has 1 aromatic carbocycles. The fourth-order valence-electron chi connectivity index (χ4n) is 1.57. The predicted octanol–water partition coefficient (Wildman–Crippen LogP) is 2.36. The van der Waals surface area contributed by atoms with E-state index in [0.717, 1.165) is 24.8 Å². The number of aryl methyl sites for hydroxylation is 1. The van der Waals surface area contributed by atoms with Gasteiger partial charge in [0.2, 0.25) is 0 Å². The van der Waals surface area contributed by atoms with Crippen LogP contribution in [0.2, 0.25) is 0 Å². The third-order valence-corrected chi connectivity index (χ3v) is 2.54. The van der Waals surface area contributed by atoms with Crippen molar-refractivity contribution in [2.45, 2.75) is 26.2 Å². The molecule has 1 aromatic rings. The van der Waals surface area contributed by atoms with Crippen molar-refractivity contribution >= 4 is 11.9 Å². The molecule has 0 spiro atoms. The van der Waals surface area contributed by atoms with Crippen LogP contribution in [0.1, 0.15) is 35.7 Å². The summed E-state index contributed by atoms with van der Waals surface area (Å²) in [7, 11) is 1.37. The van der Waals surface area contributed by atoms with Crippen LogP contribution >= 0.6 is 0 Å². The van der Waals surface area contributed by atoms with Gasteiger partial charge in [-0.25, -0.2) is 4.79 Å². The maximum Gasteiger partial charge on any atom is 0.337 e.